The number of likely N-dealkylation sites (N-methyl/N-ethyl adjacent to an activating group) is 1. The number of rotatable bonds is 13. The second-order valence-electron chi connectivity index (χ2n) is 12.2. The van der Waals surface area contributed by atoms with Crippen LogP contribution in [0.4, 0.5) is 11.4 Å². The zero-order valence-corrected chi connectivity index (χ0v) is 28.5. The predicted octanol–water partition coefficient (Wildman–Crippen LogP) is 5.47. The van der Waals surface area contributed by atoms with Gasteiger partial charge < -0.3 is 34.9 Å². The van der Waals surface area contributed by atoms with Gasteiger partial charge in [0.25, 0.3) is 11.8 Å². The molecule has 0 spiro atoms. The summed E-state index contributed by atoms with van der Waals surface area (Å²) in [4.78, 5) is 51.9. The molecule has 5 rings (SSSR count). The topological polar surface area (TPSA) is 153 Å². The molecule has 3 N–H and O–H groups in total. The van der Waals surface area contributed by atoms with Crippen molar-refractivity contribution in [3.05, 3.63) is 76.6 Å². The van der Waals surface area contributed by atoms with Gasteiger partial charge in [0, 0.05) is 38.2 Å². The monoisotopic (exact) mass is 665 g/mol. The Hall–Kier alpha value is -5.41. The van der Waals surface area contributed by atoms with Crippen molar-refractivity contribution >= 4 is 40.1 Å². The van der Waals surface area contributed by atoms with Gasteiger partial charge in [0.15, 0.2) is 0 Å². The van der Waals surface area contributed by atoms with Crippen molar-refractivity contribution in [2.45, 2.75) is 46.0 Å². The van der Waals surface area contributed by atoms with Crippen molar-refractivity contribution in [1.29, 1.82) is 5.26 Å². The Balaban J connectivity index is 1.39. The molecule has 1 fully saturated rings. The Morgan fingerprint density at radius 2 is 1.59 bits per heavy atom. The lowest BCUT2D eigenvalue weighted by molar-refractivity contribution is -0.132. The normalized spacial score (nSPS) is 13.2. The maximum absolute atomic E-state index is 13.9. The molecule has 0 bridgehead atoms. The van der Waals surface area contributed by atoms with Crippen LogP contribution in [0.15, 0.2) is 48.5 Å². The van der Waals surface area contributed by atoms with E-state index in [1.807, 2.05) is 24.8 Å². The summed E-state index contributed by atoms with van der Waals surface area (Å²) in [5.74, 6) is 0.576. The van der Waals surface area contributed by atoms with Crippen LogP contribution in [0.5, 0.6) is 11.5 Å². The summed E-state index contributed by atoms with van der Waals surface area (Å²) >= 11 is 0. The first kappa shape index (κ1) is 34.9. The van der Waals surface area contributed by atoms with Crippen LogP contribution in [-0.2, 0) is 11.2 Å². The summed E-state index contributed by atoms with van der Waals surface area (Å²) in [6.07, 6.45) is 2.82. The van der Waals surface area contributed by atoms with E-state index >= 15 is 0 Å². The fraction of sp³-hybridized carbons (Fsp3) is 0.378. The van der Waals surface area contributed by atoms with E-state index in [0.29, 0.717) is 53.4 Å². The van der Waals surface area contributed by atoms with Crippen LogP contribution in [-0.4, -0.2) is 84.4 Å². The number of H-pyrrole nitrogens is 1. The van der Waals surface area contributed by atoms with Crippen LogP contribution in [0.3, 0.4) is 0 Å². The molecule has 49 heavy (non-hydrogen) atoms. The van der Waals surface area contributed by atoms with Gasteiger partial charge in [-0.2, -0.15) is 5.26 Å². The standard InChI is InChI=1S/C37H43N7O5/c1-24-25(2)35(49-23-10-6-9-16-30(45)44-21-19-43(3)20-22-44)33(41-36(46)26-12-7-5-8-13-26)32(34(24)48-4)42-37(47)27-14-11-15-28-31(27)40-29(39-28)17-18-38/h5,7-8,11-15H,6,9-10,16-17,19-23H2,1-4H3,(H,39,40)(H,41,46)(H,42,47). The Morgan fingerprint density at radius 1 is 0.898 bits per heavy atom. The average molecular weight is 666 g/mol. The van der Waals surface area contributed by atoms with Gasteiger partial charge in [0.2, 0.25) is 5.91 Å². The molecular formula is C37H43N7O5. The Labute approximate surface area is 286 Å². The van der Waals surface area contributed by atoms with Crippen LogP contribution < -0.4 is 20.1 Å². The van der Waals surface area contributed by atoms with E-state index in [1.54, 1.807) is 42.5 Å². The number of amides is 3. The number of hydrogen-bond acceptors (Lipinski definition) is 8. The zero-order chi connectivity index (χ0) is 34.9. The third kappa shape index (κ3) is 8.18. The lowest BCUT2D eigenvalue weighted by Gasteiger charge is -2.32. The molecule has 3 amide bonds. The SMILES string of the molecule is COc1c(C)c(C)c(OCCCCCC(=O)N2CCN(C)CC2)c(NC(=O)c2ccccc2)c1NC(=O)c1cccc2[nH]c(CC#N)nc12. The fourth-order valence-electron chi connectivity index (χ4n) is 5.94. The summed E-state index contributed by atoms with van der Waals surface area (Å²) < 4.78 is 12.2. The van der Waals surface area contributed by atoms with Crippen molar-refractivity contribution in [2.24, 2.45) is 0 Å². The number of aromatic amines is 1. The van der Waals surface area contributed by atoms with Gasteiger partial charge in [-0.25, -0.2) is 4.98 Å². The first-order valence-corrected chi connectivity index (χ1v) is 16.5. The molecule has 256 valence electrons. The molecule has 0 saturated carbocycles. The molecule has 0 unspecified atom stereocenters. The second-order valence-corrected chi connectivity index (χ2v) is 12.2. The number of nitrogens with zero attached hydrogens (tertiary/aromatic N) is 4. The molecular weight excluding hydrogens is 622 g/mol. The molecule has 4 aromatic rings. The maximum Gasteiger partial charge on any atom is 0.258 e. The highest BCUT2D eigenvalue weighted by Gasteiger charge is 2.27. The minimum absolute atomic E-state index is 0.0731. The molecule has 12 heteroatoms. The zero-order valence-electron chi connectivity index (χ0n) is 28.5. The Kier molecular flexibility index (Phi) is 11.5. The van der Waals surface area contributed by atoms with Gasteiger partial charge in [-0.1, -0.05) is 24.3 Å². The Morgan fingerprint density at radius 3 is 2.31 bits per heavy atom. The van der Waals surface area contributed by atoms with Crippen molar-refractivity contribution in [2.75, 3.05) is 57.6 Å². The minimum atomic E-state index is -0.478. The van der Waals surface area contributed by atoms with Gasteiger partial charge in [0.05, 0.1) is 37.3 Å². The molecule has 2 heterocycles. The van der Waals surface area contributed by atoms with Gasteiger partial charge in [-0.15, -0.1) is 0 Å². The number of carbonyl (C=O) groups is 3. The molecule has 1 aliphatic heterocycles. The number of anilines is 2. The number of hydrogen-bond donors (Lipinski definition) is 3. The van der Waals surface area contributed by atoms with Crippen molar-refractivity contribution in [3.8, 4) is 17.6 Å². The molecule has 0 atom stereocenters. The Bertz CT molecular complexity index is 1860. The summed E-state index contributed by atoms with van der Waals surface area (Å²) in [7, 11) is 3.57. The summed E-state index contributed by atoms with van der Waals surface area (Å²) in [6.45, 7) is 7.42. The highest BCUT2D eigenvalue weighted by atomic mass is 16.5. The molecule has 1 saturated heterocycles. The summed E-state index contributed by atoms with van der Waals surface area (Å²) in [5, 5.41) is 15.1. The first-order valence-electron chi connectivity index (χ1n) is 16.5. The number of unbranched alkanes of at least 4 members (excludes halogenated alkanes) is 2. The lowest BCUT2D eigenvalue weighted by atomic mass is 10.0. The number of methoxy groups -OCH3 is 1. The smallest absolute Gasteiger partial charge is 0.258 e. The number of nitriles is 1. The first-order chi connectivity index (χ1) is 23.7. The van der Waals surface area contributed by atoms with E-state index in [9.17, 15) is 14.4 Å². The van der Waals surface area contributed by atoms with Crippen LogP contribution >= 0.6 is 0 Å². The number of benzene rings is 3. The van der Waals surface area contributed by atoms with Gasteiger partial charge in [-0.05, 0) is 75.5 Å². The van der Waals surface area contributed by atoms with E-state index in [-0.39, 0.29) is 35.2 Å². The molecule has 0 radical (unpaired) electrons. The number of carbonyl (C=O) groups excluding carboxylic acids is 3. The molecule has 12 nitrogen and oxygen atoms in total. The van der Waals surface area contributed by atoms with Crippen LogP contribution in [0, 0.1) is 25.2 Å². The number of piperazine rings is 1. The van der Waals surface area contributed by atoms with E-state index < -0.39 is 5.91 Å². The highest BCUT2D eigenvalue weighted by Crippen LogP contribution is 2.46. The lowest BCUT2D eigenvalue weighted by Crippen LogP contribution is -2.47. The summed E-state index contributed by atoms with van der Waals surface area (Å²) in [5.41, 5.74) is 3.76. The number of para-hydroxylation sites is 1. The van der Waals surface area contributed by atoms with Crippen LogP contribution in [0.2, 0.25) is 0 Å². The minimum Gasteiger partial charge on any atom is -0.494 e. The van der Waals surface area contributed by atoms with Crippen molar-refractivity contribution in [1.82, 2.24) is 19.8 Å². The number of imidazole rings is 1. The van der Waals surface area contributed by atoms with Crippen molar-refractivity contribution in [3.63, 3.8) is 0 Å². The number of aromatic nitrogens is 2. The third-order valence-electron chi connectivity index (χ3n) is 8.86. The third-order valence-corrected chi connectivity index (χ3v) is 8.86. The van der Waals surface area contributed by atoms with Gasteiger partial charge in [0.1, 0.15) is 34.2 Å². The highest BCUT2D eigenvalue weighted by molar-refractivity contribution is 6.15. The average Bonchev–Trinajstić information content (AvgIpc) is 3.53. The second kappa shape index (κ2) is 16.1. The van der Waals surface area contributed by atoms with Crippen LogP contribution in [0.25, 0.3) is 11.0 Å². The molecule has 1 aliphatic rings. The molecule has 0 aliphatic carbocycles. The quantitative estimate of drug-likeness (QED) is 0.159. The number of nitrogens with one attached hydrogen (secondary N) is 3. The largest absolute Gasteiger partial charge is 0.494 e. The number of fused-ring (bicyclic) bond motifs is 1. The van der Waals surface area contributed by atoms with Crippen LogP contribution in [0.1, 0.15) is 63.4 Å². The van der Waals surface area contributed by atoms with E-state index in [0.717, 1.165) is 50.1 Å². The molecule has 1 aromatic heterocycles. The van der Waals surface area contributed by atoms with Gasteiger partial charge >= 0.3 is 0 Å². The van der Waals surface area contributed by atoms with E-state index in [4.69, 9.17) is 14.7 Å². The molecule has 3 aromatic carbocycles. The fourth-order valence-corrected chi connectivity index (χ4v) is 5.94. The predicted molar refractivity (Wildman–Crippen MR) is 188 cm³/mol. The maximum atomic E-state index is 13.9. The van der Waals surface area contributed by atoms with E-state index in [2.05, 4.69) is 38.6 Å². The van der Waals surface area contributed by atoms with Crippen molar-refractivity contribution < 1.29 is 23.9 Å². The summed E-state index contributed by atoms with van der Waals surface area (Å²) in [6, 6.07) is 16.0. The van der Waals surface area contributed by atoms with Gasteiger partial charge in [-0.3, -0.25) is 14.4 Å². The number of ether oxygens (including phenoxy) is 2. The van der Waals surface area contributed by atoms with E-state index in [1.165, 1.54) is 7.11 Å².